The molecule has 0 aliphatic carbocycles. The van der Waals surface area contributed by atoms with Crippen molar-refractivity contribution in [2.24, 2.45) is 5.92 Å². The van der Waals surface area contributed by atoms with Crippen LogP contribution in [0.3, 0.4) is 0 Å². The van der Waals surface area contributed by atoms with Gasteiger partial charge in [0.2, 0.25) is 0 Å². The summed E-state index contributed by atoms with van der Waals surface area (Å²) in [7, 11) is 2.02. The first-order valence-corrected chi connectivity index (χ1v) is 7.73. The average molecular weight is 321 g/mol. The van der Waals surface area contributed by atoms with Crippen molar-refractivity contribution >= 4 is 0 Å². The van der Waals surface area contributed by atoms with Crippen LogP contribution in [0.5, 0.6) is 0 Å². The zero-order valence-electron chi connectivity index (χ0n) is 13.2. The fourth-order valence-electron chi connectivity index (χ4n) is 3.07. The topological polar surface area (TPSA) is 40.4 Å². The Morgan fingerprint density at radius 1 is 1.35 bits per heavy atom. The van der Waals surface area contributed by atoms with Crippen LogP contribution in [0.15, 0.2) is 41.0 Å². The Labute approximate surface area is 134 Å². The molecule has 0 bridgehead atoms. The predicted octanol–water partition coefficient (Wildman–Crippen LogP) is 3.02. The third-order valence-corrected chi connectivity index (χ3v) is 4.53. The van der Waals surface area contributed by atoms with Gasteiger partial charge in [0.1, 0.15) is 17.4 Å². The lowest BCUT2D eigenvalue weighted by Gasteiger charge is -2.28. The van der Waals surface area contributed by atoms with Crippen molar-refractivity contribution in [3.05, 3.63) is 59.6 Å². The highest BCUT2D eigenvalue weighted by molar-refractivity contribution is 5.24. The van der Waals surface area contributed by atoms with Gasteiger partial charge < -0.3 is 4.42 Å². The minimum Gasteiger partial charge on any atom is -0.468 e. The summed E-state index contributed by atoms with van der Waals surface area (Å²) in [6, 6.07) is 7.49. The maximum absolute atomic E-state index is 14.1. The smallest absolute Gasteiger partial charge is 0.130 e. The standard InChI is InChI=1S/C17H21F2N3O/c1-11(16-4-3-7-23-16)22(2)10-12-9-20-21-17(12)14-6-5-13(18)8-15(14)19/h3-8,11-12,17,20-21H,9-10H2,1-2H3. The zero-order valence-corrected chi connectivity index (χ0v) is 13.2. The van der Waals surface area contributed by atoms with Crippen molar-refractivity contribution in [3.63, 3.8) is 0 Å². The van der Waals surface area contributed by atoms with Crippen LogP contribution in [0.2, 0.25) is 0 Å². The maximum atomic E-state index is 14.1. The van der Waals surface area contributed by atoms with Crippen LogP contribution in [0.4, 0.5) is 8.78 Å². The first-order valence-electron chi connectivity index (χ1n) is 7.73. The number of rotatable bonds is 5. The highest BCUT2D eigenvalue weighted by atomic mass is 19.1. The van der Waals surface area contributed by atoms with Gasteiger partial charge in [0.15, 0.2) is 0 Å². The predicted molar refractivity (Wildman–Crippen MR) is 83.5 cm³/mol. The molecule has 1 saturated heterocycles. The second-order valence-corrected chi connectivity index (χ2v) is 6.06. The highest BCUT2D eigenvalue weighted by Gasteiger charge is 2.32. The molecular formula is C17H21F2N3O. The van der Waals surface area contributed by atoms with E-state index in [4.69, 9.17) is 4.42 Å². The normalized spacial score (nSPS) is 22.7. The van der Waals surface area contributed by atoms with E-state index >= 15 is 0 Å². The summed E-state index contributed by atoms with van der Waals surface area (Å²) in [6.07, 6.45) is 1.66. The highest BCUT2D eigenvalue weighted by Crippen LogP contribution is 2.30. The van der Waals surface area contributed by atoms with E-state index in [2.05, 4.69) is 22.7 Å². The number of halogens is 2. The van der Waals surface area contributed by atoms with Crippen LogP contribution in [0.1, 0.15) is 30.3 Å². The number of nitrogens with zero attached hydrogens (tertiary/aromatic N) is 1. The lowest BCUT2D eigenvalue weighted by atomic mass is 9.93. The third kappa shape index (κ3) is 3.44. The summed E-state index contributed by atoms with van der Waals surface area (Å²) in [5.74, 6) is -0.0106. The molecule has 124 valence electrons. The Morgan fingerprint density at radius 2 is 2.17 bits per heavy atom. The van der Waals surface area contributed by atoms with E-state index in [-0.39, 0.29) is 18.0 Å². The first-order chi connectivity index (χ1) is 11.1. The van der Waals surface area contributed by atoms with Crippen LogP contribution in [0, 0.1) is 17.6 Å². The molecular weight excluding hydrogens is 300 g/mol. The lowest BCUT2D eigenvalue weighted by molar-refractivity contribution is 0.194. The summed E-state index contributed by atoms with van der Waals surface area (Å²) < 4.78 is 32.6. The molecule has 6 heteroatoms. The number of benzene rings is 1. The van der Waals surface area contributed by atoms with Crippen molar-refractivity contribution in [2.45, 2.75) is 19.0 Å². The van der Waals surface area contributed by atoms with Gasteiger partial charge in [-0.1, -0.05) is 6.07 Å². The summed E-state index contributed by atoms with van der Waals surface area (Å²) in [5, 5.41) is 0. The Balaban J connectivity index is 1.71. The van der Waals surface area contributed by atoms with E-state index in [0.29, 0.717) is 5.56 Å². The van der Waals surface area contributed by atoms with E-state index in [9.17, 15) is 8.78 Å². The molecule has 2 heterocycles. The lowest BCUT2D eigenvalue weighted by Crippen LogP contribution is -2.32. The molecule has 1 aromatic carbocycles. The molecule has 23 heavy (non-hydrogen) atoms. The molecule has 1 aromatic heterocycles. The van der Waals surface area contributed by atoms with Crippen molar-refractivity contribution in [1.29, 1.82) is 0 Å². The van der Waals surface area contributed by atoms with Gasteiger partial charge >= 0.3 is 0 Å². The van der Waals surface area contributed by atoms with E-state index in [1.54, 1.807) is 6.26 Å². The van der Waals surface area contributed by atoms with Gasteiger partial charge in [-0.2, -0.15) is 0 Å². The summed E-state index contributed by atoms with van der Waals surface area (Å²) in [6.45, 7) is 3.54. The van der Waals surface area contributed by atoms with Crippen LogP contribution < -0.4 is 10.9 Å². The quantitative estimate of drug-likeness (QED) is 0.888. The van der Waals surface area contributed by atoms with E-state index in [0.717, 1.165) is 24.9 Å². The third-order valence-electron chi connectivity index (χ3n) is 4.53. The van der Waals surface area contributed by atoms with Gasteiger partial charge in [-0.15, -0.1) is 0 Å². The Bertz CT molecular complexity index is 647. The van der Waals surface area contributed by atoms with Crippen molar-refractivity contribution in [2.75, 3.05) is 20.1 Å². The van der Waals surface area contributed by atoms with E-state index < -0.39 is 11.6 Å². The van der Waals surface area contributed by atoms with Gasteiger partial charge in [0.05, 0.1) is 18.3 Å². The molecule has 3 rings (SSSR count). The maximum Gasteiger partial charge on any atom is 0.130 e. The number of hydrogen-bond acceptors (Lipinski definition) is 4. The van der Waals surface area contributed by atoms with Crippen LogP contribution in [-0.4, -0.2) is 25.0 Å². The van der Waals surface area contributed by atoms with Crippen molar-refractivity contribution in [1.82, 2.24) is 15.8 Å². The Morgan fingerprint density at radius 3 is 2.87 bits per heavy atom. The average Bonchev–Trinajstić information content (AvgIpc) is 3.18. The number of hydrazine groups is 1. The SMILES string of the molecule is CC(c1ccco1)N(C)CC1CNNC1c1ccc(F)cc1F. The number of hydrogen-bond donors (Lipinski definition) is 2. The van der Waals surface area contributed by atoms with Gasteiger partial charge in [-0.25, -0.2) is 14.2 Å². The van der Waals surface area contributed by atoms with Crippen molar-refractivity contribution in [3.8, 4) is 0 Å². The van der Waals surface area contributed by atoms with Crippen LogP contribution >= 0.6 is 0 Å². The first kappa shape index (κ1) is 16.1. The van der Waals surface area contributed by atoms with Crippen molar-refractivity contribution < 1.29 is 13.2 Å². The molecule has 3 atom stereocenters. The molecule has 0 amide bonds. The zero-order chi connectivity index (χ0) is 16.4. The number of furan rings is 1. The molecule has 2 aromatic rings. The Kier molecular flexibility index (Phi) is 4.75. The molecule has 4 nitrogen and oxygen atoms in total. The fraction of sp³-hybridized carbons (Fsp3) is 0.412. The second-order valence-electron chi connectivity index (χ2n) is 6.06. The van der Waals surface area contributed by atoms with Gasteiger partial charge in [-0.3, -0.25) is 10.3 Å². The summed E-state index contributed by atoms with van der Waals surface area (Å²) in [4.78, 5) is 2.17. The fourth-order valence-corrected chi connectivity index (χ4v) is 3.07. The van der Waals surface area contributed by atoms with Crippen LogP contribution in [-0.2, 0) is 0 Å². The largest absolute Gasteiger partial charge is 0.468 e. The van der Waals surface area contributed by atoms with E-state index in [1.165, 1.54) is 12.1 Å². The summed E-state index contributed by atoms with van der Waals surface area (Å²) in [5.41, 5.74) is 6.67. The molecule has 0 radical (unpaired) electrons. The van der Waals surface area contributed by atoms with E-state index in [1.807, 2.05) is 19.2 Å². The van der Waals surface area contributed by atoms with Gasteiger partial charge in [0.25, 0.3) is 0 Å². The number of nitrogens with one attached hydrogen (secondary N) is 2. The van der Waals surface area contributed by atoms with Gasteiger partial charge in [0, 0.05) is 30.6 Å². The molecule has 0 spiro atoms. The molecule has 0 saturated carbocycles. The summed E-state index contributed by atoms with van der Waals surface area (Å²) >= 11 is 0. The minimum atomic E-state index is -0.558. The molecule has 1 aliphatic heterocycles. The van der Waals surface area contributed by atoms with Gasteiger partial charge in [-0.05, 0) is 32.2 Å². The molecule has 1 aliphatic rings. The minimum absolute atomic E-state index is 0.129. The molecule has 1 fully saturated rings. The monoisotopic (exact) mass is 321 g/mol. The van der Waals surface area contributed by atoms with Crippen LogP contribution in [0.25, 0.3) is 0 Å². The molecule has 3 unspecified atom stereocenters. The molecule has 2 N–H and O–H groups in total. The second kappa shape index (κ2) is 6.78. The Hall–Kier alpha value is -1.76.